The van der Waals surface area contributed by atoms with Gasteiger partial charge in [-0.25, -0.2) is 0 Å². The highest BCUT2D eigenvalue weighted by atomic mass is 14.5. The molecular weight excluding hydrogens is 528 g/mol. The zero-order valence-electron chi connectivity index (χ0n) is 25.2. The minimum Gasteiger partial charge on any atom is -0.115 e. The monoisotopic (exact) mass is 562 g/mol. The van der Waals surface area contributed by atoms with Gasteiger partial charge in [0.15, 0.2) is 0 Å². The maximum absolute atomic E-state index is 6.67. The summed E-state index contributed by atoms with van der Waals surface area (Å²) in [6, 6.07) is 36.3. The Morgan fingerprint density at radius 1 is 0.477 bits per heavy atom. The van der Waals surface area contributed by atoms with Crippen molar-refractivity contribution in [1.29, 1.82) is 0 Å². The first-order valence-corrected chi connectivity index (χ1v) is 16.4. The van der Waals surface area contributed by atoms with E-state index < -0.39 is 0 Å². The quantitative estimate of drug-likeness (QED) is 0.148. The van der Waals surface area contributed by atoms with Crippen LogP contribution in [-0.4, -0.2) is 0 Å². The molecule has 0 saturated heterocycles. The highest BCUT2D eigenvalue weighted by Crippen LogP contribution is 2.63. The lowest BCUT2D eigenvalue weighted by atomic mass is 9.53. The van der Waals surface area contributed by atoms with E-state index >= 15 is 0 Å². The Labute approximate surface area is 261 Å². The molecule has 0 aliphatic heterocycles. The molecule has 0 spiro atoms. The third kappa shape index (κ3) is 3.32. The van der Waals surface area contributed by atoms with Crippen molar-refractivity contribution in [1.82, 2.24) is 0 Å². The minimum atomic E-state index is 0.120. The number of rotatable bonds is 4. The smallest absolute Gasteiger partial charge is 0.0362 e. The van der Waals surface area contributed by atoms with Gasteiger partial charge in [0.25, 0.3) is 0 Å². The van der Waals surface area contributed by atoms with Gasteiger partial charge in [0.1, 0.15) is 0 Å². The molecule has 5 aromatic rings. The van der Waals surface area contributed by atoms with Gasteiger partial charge in [-0.05, 0) is 73.2 Å². The summed E-state index contributed by atoms with van der Waals surface area (Å²) in [6.07, 6.45) is 12.5. The molecule has 0 radical (unpaired) electrons. The topological polar surface area (TPSA) is 0 Å². The van der Waals surface area contributed by atoms with E-state index in [-0.39, 0.29) is 23.7 Å². The first kappa shape index (κ1) is 25.7. The molecule has 5 aromatic carbocycles. The molecule has 0 saturated carbocycles. The molecule has 0 unspecified atom stereocenters. The average molecular weight is 563 g/mol. The van der Waals surface area contributed by atoms with Gasteiger partial charge in [0.05, 0.1) is 0 Å². The van der Waals surface area contributed by atoms with Crippen LogP contribution in [0.15, 0.2) is 97.1 Å². The molecule has 0 heterocycles. The van der Waals surface area contributed by atoms with Crippen LogP contribution in [0.1, 0.15) is 141 Å². The van der Waals surface area contributed by atoms with Crippen LogP contribution in [-0.2, 0) is 0 Å². The van der Waals surface area contributed by atoms with E-state index in [1.165, 1.54) is 91.6 Å². The lowest BCUT2D eigenvalue weighted by Crippen LogP contribution is -2.35. The van der Waals surface area contributed by atoms with Crippen LogP contribution in [0.4, 0.5) is 0 Å². The van der Waals surface area contributed by atoms with Crippen molar-refractivity contribution in [3.63, 3.8) is 0 Å². The van der Waals surface area contributed by atoms with E-state index in [2.05, 4.69) is 122 Å². The highest BCUT2D eigenvalue weighted by Gasteiger charge is 2.50. The van der Waals surface area contributed by atoms with E-state index in [9.17, 15) is 0 Å². The summed E-state index contributed by atoms with van der Waals surface area (Å²) in [4.78, 5) is 0. The molecule has 6 aliphatic carbocycles. The normalized spacial score (nSPS) is 20.2. The van der Waals surface area contributed by atoms with Gasteiger partial charge in [-0.2, -0.15) is 0 Å². The SMILES string of the molecule is C#Cc1c2c(c(C#CCCCCCC)c3c1C1c4ccccc4C3c3ccccc31)C1c3ccccc3C2c2ccccc21. The van der Waals surface area contributed by atoms with Crippen molar-refractivity contribution >= 4 is 0 Å². The Bertz CT molecular complexity index is 1880. The Hall–Kier alpha value is -4.78. The molecule has 11 rings (SSSR count). The number of hydrogen-bond acceptors (Lipinski definition) is 0. The molecule has 0 amide bonds. The van der Waals surface area contributed by atoms with Crippen molar-refractivity contribution in [2.24, 2.45) is 0 Å². The molecule has 210 valence electrons. The number of terminal acetylenes is 1. The summed E-state index contributed by atoms with van der Waals surface area (Å²) >= 11 is 0. The Balaban J connectivity index is 1.39. The molecule has 0 heteroatoms. The van der Waals surface area contributed by atoms with Crippen molar-refractivity contribution in [2.45, 2.75) is 62.7 Å². The maximum Gasteiger partial charge on any atom is 0.0362 e. The first-order valence-electron chi connectivity index (χ1n) is 16.4. The van der Waals surface area contributed by atoms with E-state index in [1.54, 1.807) is 0 Å². The van der Waals surface area contributed by atoms with Crippen molar-refractivity contribution in [3.8, 4) is 24.2 Å². The molecule has 0 aromatic heterocycles. The highest BCUT2D eigenvalue weighted by molar-refractivity contribution is 5.82. The summed E-state index contributed by atoms with van der Waals surface area (Å²) in [7, 11) is 0. The van der Waals surface area contributed by atoms with Crippen molar-refractivity contribution in [2.75, 3.05) is 0 Å². The molecule has 0 N–H and O–H groups in total. The summed E-state index contributed by atoms with van der Waals surface area (Å²) in [5.41, 5.74) is 19.1. The van der Waals surface area contributed by atoms with Gasteiger partial charge < -0.3 is 0 Å². The number of hydrogen-bond donors (Lipinski definition) is 0. The summed E-state index contributed by atoms with van der Waals surface area (Å²) in [6.45, 7) is 2.27. The van der Waals surface area contributed by atoms with Gasteiger partial charge in [-0.15, -0.1) is 6.42 Å². The molecule has 6 aliphatic rings. The van der Waals surface area contributed by atoms with Crippen molar-refractivity contribution in [3.05, 3.63) is 175 Å². The second-order valence-corrected chi connectivity index (χ2v) is 12.9. The van der Waals surface area contributed by atoms with Crippen LogP contribution in [0.25, 0.3) is 0 Å². The second kappa shape index (κ2) is 9.88. The van der Waals surface area contributed by atoms with E-state index in [0.717, 1.165) is 18.4 Å². The lowest BCUT2D eigenvalue weighted by molar-refractivity contribution is 0.679. The fourth-order valence-electron chi connectivity index (χ4n) is 9.17. The minimum absolute atomic E-state index is 0.120. The van der Waals surface area contributed by atoms with Crippen LogP contribution in [0.5, 0.6) is 0 Å². The average Bonchev–Trinajstić information content (AvgIpc) is 3.08. The maximum atomic E-state index is 6.67. The van der Waals surface area contributed by atoms with E-state index in [4.69, 9.17) is 6.42 Å². The third-order valence-electron chi connectivity index (χ3n) is 10.8. The lowest BCUT2D eigenvalue weighted by Gasteiger charge is -2.48. The second-order valence-electron chi connectivity index (χ2n) is 12.9. The zero-order valence-corrected chi connectivity index (χ0v) is 25.2. The van der Waals surface area contributed by atoms with Gasteiger partial charge >= 0.3 is 0 Å². The van der Waals surface area contributed by atoms with Crippen LogP contribution in [0.2, 0.25) is 0 Å². The van der Waals surface area contributed by atoms with Crippen LogP contribution in [0.3, 0.4) is 0 Å². The molecule has 4 bridgehead atoms. The zero-order chi connectivity index (χ0) is 29.4. The number of unbranched alkanes of at least 4 members (excludes halogenated alkanes) is 4. The fourth-order valence-corrected chi connectivity index (χ4v) is 9.17. The Morgan fingerprint density at radius 3 is 1.14 bits per heavy atom. The Morgan fingerprint density at radius 2 is 0.818 bits per heavy atom. The predicted molar refractivity (Wildman–Crippen MR) is 180 cm³/mol. The van der Waals surface area contributed by atoms with Gasteiger partial charge in [0.2, 0.25) is 0 Å². The fraction of sp³-hybridized carbons (Fsp3) is 0.227. The third-order valence-corrected chi connectivity index (χ3v) is 10.8. The van der Waals surface area contributed by atoms with Gasteiger partial charge in [0, 0.05) is 41.2 Å². The van der Waals surface area contributed by atoms with Crippen LogP contribution < -0.4 is 0 Å². The molecule has 0 atom stereocenters. The summed E-state index contributed by atoms with van der Waals surface area (Å²) in [5.74, 6) is 11.5. The van der Waals surface area contributed by atoms with E-state index in [0.29, 0.717) is 0 Å². The van der Waals surface area contributed by atoms with Crippen LogP contribution in [0, 0.1) is 24.2 Å². The van der Waals surface area contributed by atoms with E-state index in [1.807, 2.05) is 0 Å². The molecular formula is C44H34. The summed E-state index contributed by atoms with van der Waals surface area (Å²) in [5, 5.41) is 0. The summed E-state index contributed by atoms with van der Waals surface area (Å²) < 4.78 is 0. The standard InChI is InChI=1S/C44H34/c1-3-5-6-7-8-9-26-36-43-39-32-22-14-10-18-28(32)37(29-19-11-15-23-33(29)39)41(43)27(4-2)42-38-30-20-12-16-24-34(30)40(44(36)42)35-25-17-13-21-31(35)38/h2,10-25,37-40H,3,5-8H2,1H3. The molecule has 0 fully saturated rings. The van der Waals surface area contributed by atoms with Crippen molar-refractivity contribution < 1.29 is 0 Å². The van der Waals surface area contributed by atoms with Gasteiger partial charge in [-0.3, -0.25) is 0 Å². The Kier molecular flexibility index (Phi) is 5.77. The molecule has 0 nitrogen and oxygen atoms in total. The van der Waals surface area contributed by atoms with Crippen LogP contribution >= 0.6 is 0 Å². The number of benzene rings is 5. The largest absolute Gasteiger partial charge is 0.115 e. The van der Waals surface area contributed by atoms with Gasteiger partial charge in [-0.1, -0.05) is 141 Å². The first-order chi connectivity index (χ1) is 21.8. The predicted octanol–water partition coefficient (Wildman–Crippen LogP) is 9.96. The molecule has 44 heavy (non-hydrogen) atoms.